The van der Waals surface area contributed by atoms with Gasteiger partial charge in [0, 0.05) is 10.7 Å². The van der Waals surface area contributed by atoms with E-state index < -0.39 is 0 Å². The number of rotatable bonds is 8. The first-order valence-corrected chi connectivity index (χ1v) is 10.6. The topological polar surface area (TPSA) is 54.9 Å². The van der Waals surface area contributed by atoms with Crippen molar-refractivity contribution >= 4 is 40.8 Å². The van der Waals surface area contributed by atoms with Crippen LogP contribution in [0.15, 0.2) is 71.8 Å². The van der Waals surface area contributed by atoms with Crippen LogP contribution >= 0.6 is 23.8 Å². The Balaban J connectivity index is 1.60. The molecular formula is C24H24ClN3O2S. The summed E-state index contributed by atoms with van der Waals surface area (Å²) in [7, 11) is 0. The molecule has 0 aliphatic carbocycles. The minimum Gasteiger partial charge on any atom is -0.490 e. The number of halogens is 1. The second-order valence-corrected chi connectivity index (χ2v) is 7.59. The third-order valence-corrected chi connectivity index (χ3v) is 4.68. The fourth-order valence-electron chi connectivity index (χ4n) is 2.78. The Morgan fingerprint density at radius 1 is 1.03 bits per heavy atom. The highest BCUT2D eigenvalue weighted by Gasteiger charge is 2.07. The number of benzene rings is 3. The molecule has 160 valence electrons. The minimum absolute atomic E-state index is 0.412. The zero-order chi connectivity index (χ0) is 22.1. The Morgan fingerprint density at radius 2 is 1.84 bits per heavy atom. The molecule has 0 spiro atoms. The van der Waals surface area contributed by atoms with Crippen molar-refractivity contribution in [2.45, 2.75) is 20.5 Å². The summed E-state index contributed by atoms with van der Waals surface area (Å²) in [5.74, 6) is 1.32. The number of hydrogen-bond donors (Lipinski definition) is 2. The summed E-state index contributed by atoms with van der Waals surface area (Å²) in [5, 5.41) is 8.41. The van der Waals surface area contributed by atoms with Crippen LogP contribution in [0.3, 0.4) is 0 Å². The van der Waals surface area contributed by atoms with E-state index in [1.807, 2.05) is 80.6 Å². The van der Waals surface area contributed by atoms with Crippen LogP contribution in [0.5, 0.6) is 11.5 Å². The third-order valence-electron chi connectivity index (χ3n) is 4.23. The molecule has 0 saturated heterocycles. The first-order valence-electron chi connectivity index (χ1n) is 9.84. The Bertz CT molecular complexity index is 1050. The van der Waals surface area contributed by atoms with Gasteiger partial charge in [0.25, 0.3) is 0 Å². The van der Waals surface area contributed by atoms with E-state index in [1.165, 1.54) is 0 Å². The largest absolute Gasteiger partial charge is 0.490 e. The smallest absolute Gasteiger partial charge is 0.191 e. The highest BCUT2D eigenvalue weighted by Crippen LogP contribution is 2.29. The van der Waals surface area contributed by atoms with Crippen molar-refractivity contribution in [1.82, 2.24) is 5.43 Å². The van der Waals surface area contributed by atoms with E-state index in [9.17, 15) is 0 Å². The molecule has 3 aromatic rings. The van der Waals surface area contributed by atoms with Gasteiger partial charge >= 0.3 is 0 Å². The van der Waals surface area contributed by atoms with E-state index in [-0.39, 0.29) is 0 Å². The summed E-state index contributed by atoms with van der Waals surface area (Å²) < 4.78 is 11.7. The van der Waals surface area contributed by atoms with E-state index in [4.69, 9.17) is 33.3 Å². The van der Waals surface area contributed by atoms with Crippen molar-refractivity contribution in [3.8, 4) is 11.5 Å². The van der Waals surface area contributed by atoms with Crippen LogP contribution in [-0.4, -0.2) is 17.9 Å². The molecule has 2 N–H and O–H groups in total. The Morgan fingerprint density at radius 3 is 2.58 bits per heavy atom. The summed E-state index contributed by atoms with van der Waals surface area (Å²) in [6.07, 6.45) is 1.68. The molecule has 31 heavy (non-hydrogen) atoms. The van der Waals surface area contributed by atoms with Crippen molar-refractivity contribution in [3.05, 3.63) is 88.4 Å². The number of nitrogens with zero attached hydrogens (tertiary/aromatic N) is 1. The molecule has 0 aliphatic rings. The molecule has 0 fully saturated rings. The van der Waals surface area contributed by atoms with Gasteiger partial charge in [0.1, 0.15) is 6.61 Å². The maximum Gasteiger partial charge on any atom is 0.191 e. The van der Waals surface area contributed by atoms with Crippen molar-refractivity contribution < 1.29 is 9.47 Å². The maximum absolute atomic E-state index is 5.93. The highest BCUT2D eigenvalue weighted by molar-refractivity contribution is 7.80. The summed E-state index contributed by atoms with van der Waals surface area (Å²) in [6, 6.07) is 21.1. The average molecular weight is 454 g/mol. The molecule has 5 nitrogen and oxygen atoms in total. The van der Waals surface area contributed by atoms with Gasteiger partial charge in [-0.05, 0) is 85.2 Å². The average Bonchev–Trinajstić information content (AvgIpc) is 2.74. The lowest BCUT2D eigenvalue weighted by Gasteiger charge is -2.13. The van der Waals surface area contributed by atoms with Gasteiger partial charge in [-0.25, -0.2) is 0 Å². The Labute approximate surface area is 193 Å². The molecule has 0 radical (unpaired) electrons. The van der Waals surface area contributed by atoms with E-state index in [0.29, 0.717) is 34.8 Å². The lowest BCUT2D eigenvalue weighted by Crippen LogP contribution is -2.23. The molecule has 0 unspecified atom stereocenters. The zero-order valence-corrected chi connectivity index (χ0v) is 19.0. The van der Waals surface area contributed by atoms with E-state index in [1.54, 1.807) is 6.21 Å². The summed E-state index contributed by atoms with van der Waals surface area (Å²) in [5.41, 5.74) is 6.76. The Kier molecular flexibility index (Phi) is 8.27. The number of aryl methyl sites for hydroxylation is 1. The van der Waals surface area contributed by atoms with Crippen LogP contribution in [-0.2, 0) is 6.61 Å². The van der Waals surface area contributed by atoms with Crippen molar-refractivity contribution in [2.24, 2.45) is 5.10 Å². The predicted octanol–water partition coefficient (Wildman–Crippen LogP) is 5.95. The minimum atomic E-state index is 0.412. The number of hydrazone groups is 1. The quantitative estimate of drug-likeness (QED) is 0.251. The van der Waals surface area contributed by atoms with Gasteiger partial charge in [0.15, 0.2) is 16.6 Å². The Hall–Kier alpha value is -3.09. The van der Waals surface area contributed by atoms with Crippen molar-refractivity contribution in [2.75, 3.05) is 11.9 Å². The zero-order valence-electron chi connectivity index (χ0n) is 17.4. The molecule has 0 amide bonds. The number of hydrogen-bond acceptors (Lipinski definition) is 4. The molecule has 7 heteroatoms. The van der Waals surface area contributed by atoms with Crippen LogP contribution in [0.4, 0.5) is 5.69 Å². The fraction of sp³-hybridized carbons (Fsp3) is 0.167. The van der Waals surface area contributed by atoms with Crippen LogP contribution in [0.25, 0.3) is 0 Å². The molecular weight excluding hydrogens is 430 g/mol. The summed E-state index contributed by atoms with van der Waals surface area (Å²) >= 11 is 11.2. The molecule has 0 atom stereocenters. The van der Waals surface area contributed by atoms with Gasteiger partial charge in [-0.3, -0.25) is 5.43 Å². The lowest BCUT2D eigenvalue weighted by molar-refractivity contribution is 0.269. The number of ether oxygens (including phenoxy) is 2. The van der Waals surface area contributed by atoms with Gasteiger partial charge in [-0.1, -0.05) is 35.9 Å². The summed E-state index contributed by atoms with van der Waals surface area (Å²) in [6.45, 7) is 4.91. The van der Waals surface area contributed by atoms with Crippen LogP contribution in [0.2, 0.25) is 5.02 Å². The van der Waals surface area contributed by atoms with E-state index >= 15 is 0 Å². The second kappa shape index (κ2) is 11.3. The monoisotopic (exact) mass is 453 g/mol. The molecule has 3 rings (SSSR count). The fourth-order valence-corrected chi connectivity index (χ4v) is 3.08. The van der Waals surface area contributed by atoms with Crippen LogP contribution in [0.1, 0.15) is 23.6 Å². The summed E-state index contributed by atoms with van der Waals surface area (Å²) in [4.78, 5) is 0. The SMILES string of the molecule is CCOc1cc(C=NNC(=S)Nc2cccc(C)c2)ccc1OCc1ccc(Cl)cc1. The van der Waals surface area contributed by atoms with Gasteiger partial charge < -0.3 is 14.8 Å². The maximum atomic E-state index is 5.93. The third kappa shape index (κ3) is 7.27. The molecule has 0 aromatic heterocycles. The second-order valence-electron chi connectivity index (χ2n) is 6.75. The van der Waals surface area contributed by atoms with Crippen molar-refractivity contribution in [1.29, 1.82) is 0 Å². The molecule has 3 aromatic carbocycles. The molecule has 0 saturated carbocycles. The van der Waals surface area contributed by atoms with Gasteiger partial charge in [-0.2, -0.15) is 5.10 Å². The van der Waals surface area contributed by atoms with Crippen molar-refractivity contribution in [3.63, 3.8) is 0 Å². The van der Waals surface area contributed by atoms with Crippen LogP contribution < -0.4 is 20.2 Å². The number of nitrogens with one attached hydrogen (secondary N) is 2. The number of anilines is 1. The predicted molar refractivity (Wildman–Crippen MR) is 132 cm³/mol. The standard InChI is InChI=1S/C24H24ClN3O2S/c1-3-29-23-14-19(9-12-22(23)30-16-18-7-10-20(25)11-8-18)15-26-28-24(31)27-21-6-4-5-17(2)13-21/h4-15H,3,16H2,1-2H3,(H2,27,28,31). The first kappa shape index (κ1) is 22.6. The first-order chi connectivity index (χ1) is 15.0. The van der Waals surface area contributed by atoms with Crippen LogP contribution in [0, 0.1) is 6.92 Å². The van der Waals surface area contributed by atoms with Gasteiger partial charge in [0.2, 0.25) is 0 Å². The molecule has 0 aliphatic heterocycles. The van der Waals surface area contributed by atoms with Gasteiger partial charge in [0.05, 0.1) is 12.8 Å². The van der Waals surface area contributed by atoms with Gasteiger partial charge in [-0.15, -0.1) is 0 Å². The lowest BCUT2D eigenvalue weighted by atomic mass is 10.2. The number of thiocarbonyl (C=S) groups is 1. The van der Waals surface area contributed by atoms with E-state index in [0.717, 1.165) is 22.4 Å². The molecule has 0 bridgehead atoms. The highest BCUT2D eigenvalue weighted by atomic mass is 35.5. The normalized spacial score (nSPS) is 10.7. The molecule has 0 heterocycles. The van der Waals surface area contributed by atoms with E-state index in [2.05, 4.69) is 15.8 Å².